The predicted octanol–water partition coefficient (Wildman–Crippen LogP) is 1.59. The van der Waals surface area contributed by atoms with Crippen molar-refractivity contribution in [1.82, 2.24) is 15.5 Å². The first-order chi connectivity index (χ1) is 14.4. The van der Waals surface area contributed by atoms with Crippen LogP contribution >= 0.6 is 0 Å². The Morgan fingerprint density at radius 2 is 1.90 bits per heavy atom. The summed E-state index contributed by atoms with van der Waals surface area (Å²) in [6.45, 7) is 1.18. The maximum atomic E-state index is 12.9. The van der Waals surface area contributed by atoms with Gasteiger partial charge in [0.25, 0.3) is 5.91 Å². The quantitative estimate of drug-likeness (QED) is 0.654. The minimum atomic E-state index is -0.557. The molecule has 7 nitrogen and oxygen atoms in total. The molecule has 30 heavy (non-hydrogen) atoms. The Bertz CT molecular complexity index is 882. The van der Waals surface area contributed by atoms with Gasteiger partial charge in [0.2, 0.25) is 11.8 Å². The smallest absolute Gasteiger partial charge is 0.255 e. The van der Waals surface area contributed by atoms with Crippen LogP contribution in [0.4, 0.5) is 0 Å². The fraction of sp³-hybridized carbons (Fsp3) is 0.609. The van der Waals surface area contributed by atoms with Gasteiger partial charge in [0.1, 0.15) is 6.04 Å². The lowest BCUT2D eigenvalue weighted by Crippen LogP contribution is -2.52. The Morgan fingerprint density at radius 1 is 1.13 bits per heavy atom. The van der Waals surface area contributed by atoms with Crippen molar-refractivity contribution in [1.29, 1.82) is 0 Å². The highest BCUT2D eigenvalue weighted by molar-refractivity contribution is 6.05. The number of fused-ring (bicyclic) bond motifs is 1. The van der Waals surface area contributed by atoms with Crippen LogP contribution in [0.2, 0.25) is 0 Å². The van der Waals surface area contributed by atoms with E-state index in [2.05, 4.69) is 16.7 Å². The Labute approximate surface area is 176 Å². The van der Waals surface area contributed by atoms with Gasteiger partial charge in [0, 0.05) is 37.2 Å². The highest BCUT2D eigenvalue weighted by atomic mass is 16.2. The summed E-state index contributed by atoms with van der Waals surface area (Å²) in [5.74, 6) is -0.735. The van der Waals surface area contributed by atoms with Crippen molar-refractivity contribution in [3.8, 4) is 0 Å². The van der Waals surface area contributed by atoms with Crippen LogP contribution in [0.1, 0.15) is 72.9 Å². The average Bonchev–Trinajstić information content (AvgIpc) is 3.02. The van der Waals surface area contributed by atoms with Crippen LogP contribution < -0.4 is 16.4 Å². The molecule has 2 saturated carbocycles. The van der Waals surface area contributed by atoms with E-state index in [0.717, 1.165) is 17.7 Å². The molecule has 1 unspecified atom stereocenters. The van der Waals surface area contributed by atoms with E-state index in [1.165, 1.54) is 38.5 Å². The van der Waals surface area contributed by atoms with Gasteiger partial charge in [-0.1, -0.05) is 12.1 Å². The van der Waals surface area contributed by atoms with E-state index in [1.54, 1.807) is 4.90 Å². The molecule has 3 fully saturated rings. The Balaban J connectivity index is 1.18. The SMILES string of the molecule is NC1CC2(CCC(NCc3ccc4c(c3)C(=O)N(C3CCC(=O)NC3=O)C4)CC2)C1. The summed E-state index contributed by atoms with van der Waals surface area (Å²) in [4.78, 5) is 38.1. The molecule has 3 amide bonds. The van der Waals surface area contributed by atoms with Crippen molar-refractivity contribution >= 4 is 17.7 Å². The van der Waals surface area contributed by atoms with Crippen LogP contribution in [0.15, 0.2) is 18.2 Å². The van der Waals surface area contributed by atoms with Crippen LogP contribution in [0.25, 0.3) is 0 Å². The standard InChI is InChI=1S/C23H30N4O3/c24-16-10-23(11-16)7-5-17(6-8-23)25-12-14-1-2-15-13-27(22(30)18(15)9-14)19-3-4-20(28)26-21(19)29/h1-2,9,16-17,19,25H,3-8,10-13,24H2,(H,26,28,29). The topological polar surface area (TPSA) is 105 Å². The maximum Gasteiger partial charge on any atom is 0.255 e. The van der Waals surface area contributed by atoms with Gasteiger partial charge in [-0.2, -0.15) is 0 Å². The minimum absolute atomic E-state index is 0.109. The normalized spacial score (nSPS) is 33.4. The largest absolute Gasteiger partial charge is 0.328 e. The number of nitrogens with one attached hydrogen (secondary N) is 2. The fourth-order valence-corrected chi connectivity index (χ4v) is 5.87. The second kappa shape index (κ2) is 7.46. The Hall–Kier alpha value is -2.25. The molecule has 1 atom stereocenters. The Morgan fingerprint density at radius 3 is 2.60 bits per heavy atom. The zero-order chi connectivity index (χ0) is 20.9. The van der Waals surface area contributed by atoms with Crippen LogP contribution in [0.5, 0.6) is 0 Å². The molecule has 5 rings (SSSR count). The summed E-state index contributed by atoms with van der Waals surface area (Å²) in [5.41, 5.74) is 9.26. The van der Waals surface area contributed by atoms with Gasteiger partial charge in [-0.25, -0.2) is 0 Å². The number of carbonyl (C=O) groups is 3. The molecule has 7 heteroatoms. The highest BCUT2D eigenvalue weighted by Gasteiger charge is 2.44. The Kier molecular flexibility index (Phi) is 4.90. The molecule has 0 radical (unpaired) electrons. The summed E-state index contributed by atoms with van der Waals surface area (Å²) in [5, 5.41) is 6.02. The number of amides is 3. The molecule has 4 aliphatic rings. The molecule has 1 spiro atoms. The summed E-state index contributed by atoms with van der Waals surface area (Å²) >= 11 is 0. The molecule has 1 saturated heterocycles. The molecule has 2 heterocycles. The second-order valence-electron chi connectivity index (χ2n) is 9.71. The zero-order valence-electron chi connectivity index (χ0n) is 17.3. The number of imide groups is 1. The van der Waals surface area contributed by atoms with Gasteiger partial charge in [-0.15, -0.1) is 0 Å². The fourth-order valence-electron chi connectivity index (χ4n) is 5.87. The van der Waals surface area contributed by atoms with Crippen LogP contribution in [-0.2, 0) is 22.7 Å². The molecule has 2 aliphatic heterocycles. The number of piperidine rings is 1. The van der Waals surface area contributed by atoms with Crippen LogP contribution in [-0.4, -0.2) is 40.7 Å². The van der Waals surface area contributed by atoms with E-state index in [9.17, 15) is 14.4 Å². The molecule has 1 aromatic carbocycles. The first kappa shape index (κ1) is 19.7. The van der Waals surface area contributed by atoms with E-state index < -0.39 is 6.04 Å². The van der Waals surface area contributed by atoms with Crippen molar-refractivity contribution in [2.75, 3.05) is 0 Å². The average molecular weight is 411 g/mol. The number of nitrogens with two attached hydrogens (primary N) is 1. The molecule has 1 aromatic rings. The van der Waals surface area contributed by atoms with Crippen molar-refractivity contribution in [3.05, 3.63) is 34.9 Å². The number of carbonyl (C=O) groups excluding carboxylic acids is 3. The van der Waals surface area contributed by atoms with Crippen LogP contribution in [0.3, 0.4) is 0 Å². The monoisotopic (exact) mass is 410 g/mol. The maximum absolute atomic E-state index is 12.9. The predicted molar refractivity (Wildman–Crippen MR) is 111 cm³/mol. The highest BCUT2D eigenvalue weighted by Crippen LogP contribution is 2.50. The molecule has 0 bridgehead atoms. The number of hydrogen-bond acceptors (Lipinski definition) is 5. The number of hydrogen-bond donors (Lipinski definition) is 3. The van der Waals surface area contributed by atoms with E-state index in [4.69, 9.17) is 5.73 Å². The van der Waals surface area contributed by atoms with Gasteiger partial charge in [-0.05, 0) is 67.6 Å². The molecular formula is C23H30N4O3. The third-order valence-corrected chi connectivity index (χ3v) is 7.62. The van der Waals surface area contributed by atoms with Gasteiger partial charge in [-0.3, -0.25) is 19.7 Å². The third-order valence-electron chi connectivity index (χ3n) is 7.62. The summed E-state index contributed by atoms with van der Waals surface area (Å²) in [7, 11) is 0. The van der Waals surface area contributed by atoms with Gasteiger partial charge < -0.3 is 16.0 Å². The summed E-state index contributed by atoms with van der Waals surface area (Å²) < 4.78 is 0. The number of benzene rings is 1. The van der Waals surface area contributed by atoms with Gasteiger partial charge in [0.15, 0.2) is 0 Å². The van der Waals surface area contributed by atoms with Gasteiger partial charge in [0.05, 0.1) is 0 Å². The van der Waals surface area contributed by atoms with E-state index in [0.29, 0.717) is 36.0 Å². The first-order valence-electron chi connectivity index (χ1n) is 11.2. The second-order valence-corrected chi connectivity index (χ2v) is 9.71. The number of rotatable bonds is 4. The first-order valence-corrected chi connectivity index (χ1v) is 11.2. The van der Waals surface area contributed by atoms with Crippen molar-refractivity contribution < 1.29 is 14.4 Å². The number of nitrogens with zero attached hydrogens (tertiary/aromatic N) is 1. The van der Waals surface area contributed by atoms with Crippen molar-refractivity contribution in [2.24, 2.45) is 11.1 Å². The lowest BCUT2D eigenvalue weighted by molar-refractivity contribution is -0.136. The lowest BCUT2D eigenvalue weighted by atomic mass is 9.58. The lowest BCUT2D eigenvalue weighted by Gasteiger charge is -2.50. The van der Waals surface area contributed by atoms with Crippen molar-refractivity contribution in [3.63, 3.8) is 0 Å². The van der Waals surface area contributed by atoms with Gasteiger partial charge >= 0.3 is 0 Å². The van der Waals surface area contributed by atoms with E-state index in [1.807, 2.05) is 12.1 Å². The summed E-state index contributed by atoms with van der Waals surface area (Å²) in [6, 6.07) is 6.42. The molecular weight excluding hydrogens is 380 g/mol. The van der Waals surface area contributed by atoms with Crippen molar-refractivity contribution in [2.45, 2.75) is 82.6 Å². The zero-order valence-corrected chi connectivity index (χ0v) is 17.3. The third kappa shape index (κ3) is 3.54. The molecule has 2 aliphatic carbocycles. The molecule has 0 aromatic heterocycles. The molecule has 160 valence electrons. The van der Waals surface area contributed by atoms with Crippen LogP contribution in [0, 0.1) is 5.41 Å². The molecule has 4 N–H and O–H groups in total. The van der Waals surface area contributed by atoms with E-state index in [-0.39, 0.29) is 24.1 Å². The minimum Gasteiger partial charge on any atom is -0.328 e. The van der Waals surface area contributed by atoms with E-state index >= 15 is 0 Å². The summed E-state index contributed by atoms with van der Waals surface area (Å²) in [6.07, 6.45) is 7.98.